The van der Waals surface area contributed by atoms with Gasteiger partial charge in [-0.3, -0.25) is 11.3 Å². The van der Waals surface area contributed by atoms with Gasteiger partial charge in [0.05, 0.1) is 13.2 Å². The van der Waals surface area contributed by atoms with E-state index in [1.54, 1.807) is 0 Å². The van der Waals surface area contributed by atoms with E-state index < -0.39 is 0 Å². The highest BCUT2D eigenvalue weighted by atomic mass is 16.5. The molecule has 0 radical (unpaired) electrons. The first-order valence-electron chi connectivity index (χ1n) is 7.12. The van der Waals surface area contributed by atoms with E-state index in [0.717, 1.165) is 36.3 Å². The lowest BCUT2D eigenvalue weighted by Gasteiger charge is -2.18. The van der Waals surface area contributed by atoms with Crippen LogP contribution in [-0.2, 0) is 0 Å². The van der Waals surface area contributed by atoms with Gasteiger partial charge in [0, 0.05) is 6.04 Å². The molecule has 108 valence electrons. The van der Waals surface area contributed by atoms with Crippen LogP contribution in [0.3, 0.4) is 0 Å². The average molecular weight is 266 g/mol. The number of nitrogens with two attached hydrogens (primary N) is 1. The van der Waals surface area contributed by atoms with E-state index in [-0.39, 0.29) is 6.04 Å². The molecule has 19 heavy (non-hydrogen) atoms. The largest absolute Gasteiger partial charge is 0.490 e. The quantitative estimate of drug-likeness (QED) is 0.532. The molecule has 1 aromatic rings. The molecule has 0 aliphatic rings. The van der Waals surface area contributed by atoms with Crippen molar-refractivity contribution in [2.45, 2.75) is 46.1 Å². The van der Waals surface area contributed by atoms with Gasteiger partial charge >= 0.3 is 0 Å². The summed E-state index contributed by atoms with van der Waals surface area (Å²) in [6.07, 6.45) is 3.33. The van der Waals surface area contributed by atoms with Gasteiger partial charge in [-0.25, -0.2) is 0 Å². The molecule has 0 fully saturated rings. The fourth-order valence-electron chi connectivity index (χ4n) is 2.04. The Morgan fingerprint density at radius 1 is 1.11 bits per heavy atom. The maximum Gasteiger partial charge on any atom is 0.161 e. The van der Waals surface area contributed by atoms with Gasteiger partial charge < -0.3 is 9.47 Å². The topological polar surface area (TPSA) is 56.5 Å². The normalized spacial score (nSPS) is 12.2. The van der Waals surface area contributed by atoms with Crippen molar-refractivity contribution in [1.29, 1.82) is 0 Å². The van der Waals surface area contributed by atoms with Crippen LogP contribution in [0.2, 0.25) is 0 Å². The van der Waals surface area contributed by atoms with Crippen molar-refractivity contribution in [3.05, 3.63) is 23.8 Å². The highest BCUT2D eigenvalue weighted by Crippen LogP contribution is 2.31. The van der Waals surface area contributed by atoms with Gasteiger partial charge in [-0.1, -0.05) is 25.8 Å². The van der Waals surface area contributed by atoms with Crippen LogP contribution in [0.4, 0.5) is 0 Å². The van der Waals surface area contributed by atoms with Crippen molar-refractivity contribution >= 4 is 0 Å². The smallest absolute Gasteiger partial charge is 0.161 e. The van der Waals surface area contributed by atoms with Gasteiger partial charge in [0.2, 0.25) is 0 Å². The summed E-state index contributed by atoms with van der Waals surface area (Å²) in [5.41, 5.74) is 4.02. The molecule has 4 heteroatoms. The van der Waals surface area contributed by atoms with Crippen LogP contribution in [0, 0.1) is 0 Å². The van der Waals surface area contributed by atoms with Crippen molar-refractivity contribution < 1.29 is 9.47 Å². The van der Waals surface area contributed by atoms with Gasteiger partial charge in [-0.05, 0) is 38.0 Å². The van der Waals surface area contributed by atoms with Gasteiger partial charge in [0.25, 0.3) is 0 Å². The standard InChI is InChI=1S/C15H26N2O2/c1-4-7-8-13(17-16)12-9-10-14(18-5-2)15(11-12)19-6-3/h9-11,13,17H,4-8,16H2,1-3H3. The SMILES string of the molecule is CCCCC(NN)c1ccc(OCC)c(OCC)c1. The number of hydrogen-bond donors (Lipinski definition) is 2. The lowest BCUT2D eigenvalue weighted by molar-refractivity contribution is 0.287. The first-order valence-corrected chi connectivity index (χ1v) is 7.12. The molecule has 1 aromatic carbocycles. The first kappa shape index (κ1) is 15.8. The van der Waals surface area contributed by atoms with Crippen LogP contribution in [0.25, 0.3) is 0 Å². The summed E-state index contributed by atoms with van der Waals surface area (Å²) in [7, 11) is 0. The molecule has 0 saturated heterocycles. The van der Waals surface area contributed by atoms with Crippen LogP contribution < -0.4 is 20.7 Å². The number of hydrazine groups is 1. The molecule has 0 spiro atoms. The Balaban J connectivity index is 2.91. The number of unbranched alkanes of at least 4 members (excludes halogenated alkanes) is 1. The molecule has 0 aromatic heterocycles. The van der Waals surface area contributed by atoms with Crippen LogP contribution in [0.1, 0.15) is 51.6 Å². The lowest BCUT2D eigenvalue weighted by Crippen LogP contribution is -2.28. The molecule has 1 atom stereocenters. The molecule has 1 rings (SSSR count). The molecular formula is C15H26N2O2. The Morgan fingerprint density at radius 3 is 2.37 bits per heavy atom. The number of rotatable bonds is 9. The number of ether oxygens (including phenoxy) is 2. The third-order valence-electron chi connectivity index (χ3n) is 3.02. The number of hydrogen-bond acceptors (Lipinski definition) is 4. The molecule has 1 unspecified atom stereocenters. The summed E-state index contributed by atoms with van der Waals surface area (Å²) in [4.78, 5) is 0. The van der Waals surface area contributed by atoms with E-state index >= 15 is 0 Å². The summed E-state index contributed by atoms with van der Waals surface area (Å²) in [5.74, 6) is 7.23. The maximum absolute atomic E-state index is 5.64. The van der Waals surface area contributed by atoms with Crippen LogP contribution in [0.15, 0.2) is 18.2 Å². The summed E-state index contributed by atoms with van der Waals surface area (Å²) in [5, 5.41) is 0. The predicted molar refractivity (Wildman–Crippen MR) is 78.4 cm³/mol. The highest BCUT2D eigenvalue weighted by Gasteiger charge is 2.13. The second-order valence-electron chi connectivity index (χ2n) is 4.43. The zero-order valence-electron chi connectivity index (χ0n) is 12.2. The van der Waals surface area contributed by atoms with Crippen molar-refractivity contribution in [3.8, 4) is 11.5 Å². The van der Waals surface area contributed by atoms with E-state index in [1.807, 2.05) is 32.0 Å². The lowest BCUT2D eigenvalue weighted by atomic mass is 10.0. The van der Waals surface area contributed by atoms with Gasteiger partial charge in [-0.2, -0.15) is 0 Å². The zero-order chi connectivity index (χ0) is 14.1. The number of nitrogens with one attached hydrogen (secondary N) is 1. The fourth-order valence-corrected chi connectivity index (χ4v) is 2.04. The molecule has 0 aliphatic carbocycles. The minimum atomic E-state index is 0.162. The van der Waals surface area contributed by atoms with E-state index in [0.29, 0.717) is 13.2 Å². The summed E-state index contributed by atoms with van der Waals surface area (Å²) in [6, 6.07) is 6.19. The van der Waals surface area contributed by atoms with Crippen molar-refractivity contribution in [2.75, 3.05) is 13.2 Å². The second kappa shape index (κ2) is 8.77. The monoisotopic (exact) mass is 266 g/mol. The summed E-state index contributed by atoms with van der Waals surface area (Å²) in [6.45, 7) is 7.37. The molecule has 0 bridgehead atoms. The minimum absolute atomic E-state index is 0.162. The van der Waals surface area contributed by atoms with Crippen molar-refractivity contribution in [3.63, 3.8) is 0 Å². The Hall–Kier alpha value is -1.26. The number of benzene rings is 1. The van der Waals surface area contributed by atoms with E-state index in [9.17, 15) is 0 Å². The molecule has 4 nitrogen and oxygen atoms in total. The fraction of sp³-hybridized carbons (Fsp3) is 0.600. The van der Waals surface area contributed by atoms with E-state index in [2.05, 4.69) is 12.3 Å². The minimum Gasteiger partial charge on any atom is -0.490 e. The molecule has 3 N–H and O–H groups in total. The van der Waals surface area contributed by atoms with Crippen molar-refractivity contribution in [1.82, 2.24) is 5.43 Å². The Labute approximate surface area is 116 Å². The average Bonchev–Trinajstić information content (AvgIpc) is 2.43. The Kier molecular flexibility index (Phi) is 7.30. The van der Waals surface area contributed by atoms with E-state index in [4.69, 9.17) is 15.3 Å². The Bertz CT molecular complexity index is 369. The molecule has 0 amide bonds. The highest BCUT2D eigenvalue weighted by molar-refractivity contribution is 5.44. The Morgan fingerprint density at radius 2 is 1.79 bits per heavy atom. The van der Waals surface area contributed by atoms with Gasteiger partial charge in [-0.15, -0.1) is 0 Å². The van der Waals surface area contributed by atoms with E-state index in [1.165, 1.54) is 0 Å². The molecule has 0 saturated carbocycles. The van der Waals surface area contributed by atoms with Crippen molar-refractivity contribution in [2.24, 2.45) is 5.84 Å². The summed E-state index contributed by atoms with van der Waals surface area (Å²) < 4.78 is 11.2. The maximum atomic E-state index is 5.64. The second-order valence-corrected chi connectivity index (χ2v) is 4.43. The third-order valence-corrected chi connectivity index (χ3v) is 3.02. The summed E-state index contributed by atoms with van der Waals surface area (Å²) >= 11 is 0. The van der Waals surface area contributed by atoms with Gasteiger partial charge in [0.15, 0.2) is 11.5 Å². The first-order chi connectivity index (χ1) is 9.26. The van der Waals surface area contributed by atoms with Gasteiger partial charge in [0.1, 0.15) is 0 Å². The van der Waals surface area contributed by atoms with Crippen LogP contribution in [0.5, 0.6) is 11.5 Å². The molecule has 0 aliphatic heterocycles. The van der Waals surface area contributed by atoms with Crippen LogP contribution >= 0.6 is 0 Å². The zero-order valence-corrected chi connectivity index (χ0v) is 12.2. The molecular weight excluding hydrogens is 240 g/mol. The predicted octanol–water partition coefficient (Wildman–Crippen LogP) is 3.18. The van der Waals surface area contributed by atoms with Crippen LogP contribution in [-0.4, -0.2) is 13.2 Å². The third kappa shape index (κ3) is 4.73. The molecule has 0 heterocycles.